The minimum atomic E-state index is -4.08. The number of halogens is 1. The van der Waals surface area contributed by atoms with Gasteiger partial charge in [0.05, 0.1) is 29.5 Å². The first-order valence-electron chi connectivity index (χ1n) is 11.3. The first kappa shape index (κ1) is 27.0. The number of hydrogen-bond donors (Lipinski definition) is 1. The highest BCUT2D eigenvalue weighted by Gasteiger charge is 2.27. The Balaban J connectivity index is 1.77. The normalized spacial score (nSPS) is 11.5. The smallest absolute Gasteiger partial charge is 0.264 e. The van der Waals surface area contributed by atoms with Crippen LogP contribution in [-0.4, -0.2) is 39.8 Å². The second kappa shape index (κ2) is 12.4. The second-order valence-electron chi connectivity index (χ2n) is 7.92. The third-order valence-electron chi connectivity index (χ3n) is 4.78. The van der Waals surface area contributed by atoms with Crippen molar-refractivity contribution in [2.75, 3.05) is 17.5 Å². The fourth-order valence-corrected chi connectivity index (χ4v) is 4.72. The zero-order chi connectivity index (χ0) is 26.1. The van der Waals surface area contributed by atoms with Gasteiger partial charge in [0.1, 0.15) is 18.0 Å². The number of carbonyl (C=O) groups excluding carboxylic acids is 1. The predicted molar refractivity (Wildman–Crippen MR) is 142 cm³/mol. The van der Waals surface area contributed by atoms with Crippen LogP contribution in [0.2, 0.25) is 5.02 Å². The number of sulfonamides is 1. The van der Waals surface area contributed by atoms with Gasteiger partial charge in [0.15, 0.2) is 0 Å². The first-order valence-corrected chi connectivity index (χ1v) is 13.1. The van der Waals surface area contributed by atoms with Gasteiger partial charge in [-0.25, -0.2) is 13.8 Å². The molecule has 0 spiro atoms. The van der Waals surface area contributed by atoms with Gasteiger partial charge in [-0.2, -0.15) is 5.10 Å². The minimum Gasteiger partial charge on any atom is -0.494 e. The summed E-state index contributed by atoms with van der Waals surface area (Å²) in [5.41, 5.74) is 3.43. The molecule has 0 heterocycles. The van der Waals surface area contributed by atoms with E-state index in [2.05, 4.69) is 10.5 Å². The van der Waals surface area contributed by atoms with Crippen LogP contribution in [0.25, 0.3) is 0 Å². The minimum absolute atomic E-state index is 0.000734. The summed E-state index contributed by atoms with van der Waals surface area (Å²) in [4.78, 5) is 12.7. The molecule has 0 aliphatic heterocycles. The predicted octanol–water partition coefficient (Wildman–Crippen LogP) is 4.87. The molecule has 0 aromatic heterocycles. The highest BCUT2D eigenvalue weighted by molar-refractivity contribution is 7.92. The molecule has 1 N–H and O–H groups in total. The number of carbonyl (C=O) groups is 1. The largest absolute Gasteiger partial charge is 0.494 e. The number of benzene rings is 3. The van der Waals surface area contributed by atoms with Gasteiger partial charge in [-0.3, -0.25) is 9.10 Å². The lowest BCUT2D eigenvalue weighted by Gasteiger charge is -2.24. The molecular formula is C26H28ClN3O5S. The van der Waals surface area contributed by atoms with Crippen LogP contribution in [0.4, 0.5) is 5.69 Å². The van der Waals surface area contributed by atoms with Gasteiger partial charge in [0, 0.05) is 5.02 Å². The van der Waals surface area contributed by atoms with E-state index in [1.54, 1.807) is 48.5 Å². The van der Waals surface area contributed by atoms with Crippen molar-refractivity contribution in [3.05, 3.63) is 83.4 Å². The van der Waals surface area contributed by atoms with Gasteiger partial charge < -0.3 is 9.47 Å². The number of ether oxygens (including phenoxy) is 2. The maximum Gasteiger partial charge on any atom is 0.264 e. The fraction of sp³-hybridized carbons (Fsp3) is 0.231. The van der Waals surface area contributed by atoms with Gasteiger partial charge in [-0.1, -0.05) is 11.6 Å². The standard InChI is InChI=1S/C26H28ClN3O5S/c1-4-34-23-13-9-22(10-14-23)30(36(32,33)25-15-7-21(27)8-16-25)18-26(31)29-28-17-20-5-11-24(12-6-20)35-19(2)3/h5-17,19H,4,18H2,1-3H3,(H,29,31)/b28-17-. The lowest BCUT2D eigenvalue weighted by atomic mass is 10.2. The van der Waals surface area contributed by atoms with E-state index in [0.717, 1.165) is 15.6 Å². The van der Waals surface area contributed by atoms with E-state index in [1.165, 1.54) is 30.5 Å². The summed E-state index contributed by atoms with van der Waals surface area (Å²) in [6.45, 7) is 5.71. The SMILES string of the molecule is CCOc1ccc(N(CC(=O)N/N=C\c2ccc(OC(C)C)cc2)S(=O)(=O)c2ccc(Cl)cc2)cc1. The number of hydrazone groups is 1. The Kier molecular flexibility index (Phi) is 9.32. The number of hydrogen-bond acceptors (Lipinski definition) is 6. The molecule has 0 aliphatic carbocycles. The van der Waals surface area contributed by atoms with Crippen molar-refractivity contribution in [3.8, 4) is 11.5 Å². The lowest BCUT2D eigenvalue weighted by molar-refractivity contribution is -0.119. The molecule has 3 rings (SSSR count). The Labute approximate surface area is 216 Å². The summed E-state index contributed by atoms with van der Waals surface area (Å²) in [5.74, 6) is 0.700. The number of amides is 1. The van der Waals surface area contributed by atoms with E-state index in [4.69, 9.17) is 21.1 Å². The lowest BCUT2D eigenvalue weighted by Crippen LogP contribution is -2.39. The highest BCUT2D eigenvalue weighted by Crippen LogP contribution is 2.26. The molecule has 0 aliphatic rings. The van der Waals surface area contributed by atoms with E-state index < -0.39 is 22.5 Å². The zero-order valence-corrected chi connectivity index (χ0v) is 21.8. The molecule has 0 atom stereocenters. The summed E-state index contributed by atoms with van der Waals surface area (Å²) in [5, 5.41) is 4.36. The second-order valence-corrected chi connectivity index (χ2v) is 10.2. The van der Waals surface area contributed by atoms with E-state index in [9.17, 15) is 13.2 Å². The number of rotatable bonds is 11. The summed E-state index contributed by atoms with van der Waals surface area (Å²) in [6.07, 6.45) is 1.53. The van der Waals surface area contributed by atoms with Crippen LogP contribution in [0.3, 0.4) is 0 Å². The van der Waals surface area contributed by atoms with Crippen LogP contribution in [0.15, 0.2) is 82.8 Å². The molecule has 0 unspecified atom stereocenters. The van der Waals surface area contributed by atoms with Crippen molar-refractivity contribution in [3.63, 3.8) is 0 Å². The van der Waals surface area contributed by atoms with Crippen molar-refractivity contribution in [1.82, 2.24) is 5.43 Å². The molecule has 8 nitrogen and oxygen atoms in total. The quantitative estimate of drug-likeness (QED) is 0.282. The molecule has 0 saturated heterocycles. The Hall–Kier alpha value is -3.56. The van der Waals surface area contributed by atoms with E-state index >= 15 is 0 Å². The van der Waals surface area contributed by atoms with Crippen molar-refractivity contribution < 1.29 is 22.7 Å². The zero-order valence-electron chi connectivity index (χ0n) is 20.2. The molecule has 3 aromatic rings. The Morgan fingerprint density at radius 2 is 1.61 bits per heavy atom. The summed E-state index contributed by atoms with van der Waals surface area (Å²) in [7, 11) is -4.08. The third-order valence-corrected chi connectivity index (χ3v) is 6.82. The van der Waals surface area contributed by atoms with E-state index in [-0.39, 0.29) is 11.0 Å². The summed E-state index contributed by atoms with van der Waals surface area (Å²) in [6, 6.07) is 19.4. The van der Waals surface area contributed by atoms with Crippen LogP contribution in [0.1, 0.15) is 26.3 Å². The van der Waals surface area contributed by atoms with Gasteiger partial charge in [0.2, 0.25) is 0 Å². The van der Waals surface area contributed by atoms with Crippen molar-refractivity contribution in [2.24, 2.45) is 5.10 Å². The van der Waals surface area contributed by atoms with Gasteiger partial charge in [-0.05, 0) is 99.1 Å². The van der Waals surface area contributed by atoms with Crippen LogP contribution in [0, 0.1) is 0 Å². The van der Waals surface area contributed by atoms with Crippen LogP contribution < -0.4 is 19.2 Å². The Morgan fingerprint density at radius 1 is 1.00 bits per heavy atom. The van der Waals surface area contributed by atoms with Crippen LogP contribution in [-0.2, 0) is 14.8 Å². The number of nitrogens with one attached hydrogen (secondary N) is 1. The Morgan fingerprint density at radius 3 is 2.19 bits per heavy atom. The van der Waals surface area contributed by atoms with E-state index in [0.29, 0.717) is 23.1 Å². The highest BCUT2D eigenvalue weighted by atomic mass is 35.5. The summed E-state index contributed by atoms with van der Waals surface area (Å²) >= 11 is 5.92. The molecule has 0 radical (unpaired) electrons. The molecule has 36 heavy (non-hydrogen) atoms. The molecular weight excluding hydrogens is 502 g/mol. The topological polar surface area (TPSA) is 97.3 Å². The molecule has 0 saturated carbocycles. The first-order chi connectivity index (χ1) is 17.2. The monoisotopic (exact) mass is 529 g/mol. The van der Waals surface area contributed by atoms with Gasteiger partial charge in [-0.15, -0.1) is 0 Å². The number of anilines is 1. The van der Waals surface area contributed by atoms with Crippen molar-refractivity contribution in [1.29, 1.82) is 0 Å². The van der Waals surface area contributed by atoms with Gasteiger partial charge >= 0.3 is 0 Å². The van der Waals surface area contributed by atoms with Crippen molar-refractivity contribution in [2.45, 2.75) is 31.8 Å². The van der Waals surface area contributed by atoms with E-state index in [1.807, 2.05) is 20.8 Å². The van der Waals surface area contributed by atoms with Crippen LogP contribution in [0.5, 0.6) is 11.5 Å². The molecule has 3 aromatic carbocycles. The Bertz CT molecular complexity index is 1280. The average Bonchev–Trinajstić information content (AvgIpc) is 2.84. The number of nitrogens with zero attached hydrogens (tertiary/aromatic N) is 2. The maximum absolute atomic E-state index is 13.4. The maximum atomic E-state index is 13.4. The molecule has 0 fully saturated rings. The summed E-state index contributed by atoms with van der Waals surface area (Å²) < 4.78 is 38.9. The molecule has 1 amide bonds. The molecule has 0 bridgehead atoms. The van der Waals surface area contributed by atoms with Crippen LogP contribution >= 0.6 is 11.6 Å². The molecule has 190 valence electrons. The fourth-order valence-electron chi connectivity index (χ4n) is 3.17. The van der Waals surface area contributed by atoms with Crippen molar-refractivity contribution >= 4 is 39.4 Å². The average molecular weight is 530 g/mol. The third kappa shape index (κ3) is 7.47. The van der Waals surface area contributed by atoms with Gasteiger partial charge in [0.25, 0.3) is 15.9 Å². The molecule has 10 heteroatoms.